The van der Waals surface area contributed by atoms with E-state index in [1.165, 1.54) is 25.7 Å². The summed E-state index contributed by atoms with van der Waals surface area (Å²) < 4.78 is 0. The molecule has 0 aromatic carbocycles. The quantitative estimate of drug-likeness (QED) is 0.781. The highest BCUT2D eigenvalue weighted by Gasteiger charge is 2.49. The zero-order chi connectivity index (χ0) is 11.1. The third kappa shape index (κ3) is 1.75. The minimum Gasteiger partial charge on any atom is -0.338 e. The molecule has 0 aliphatic heterocycles. The predicted octanol–water partition coefficient (Wildman–Crippen LogP) is 1.37. The van der Waals surface area contributed by atoms with Gasteiger partial charge >= 0.3 is 0 Å². The number of hydrogen-bond acceptors (Lipinski definition) is 2. The van der Waals surface area contributed by atoms with Crippen molar-refractivity contribution in [2.24, 2.45) is 23.5 Å². The molecule has 3 fully saturated rings. The van der Waals surface area contributed by atoms with Crippen LogP contribution in [-0.4, -0.2) is 29.9 Å². The first-order valence-electron chi connectivity index (χ1n) is 6.80. The topological polar surface area (TPSA) is 46.3 Å². The standard InChI is InChI=1S/C13H22N2O/c14-4-5-15(12-2-1-3-12)13(16)11-7-9-6-10(9)8-11/h9-12H,1-8,14H2. The van der Waals surface area contributed by atoms with Gasteiger partial charge in [0.25, 0.3) is 0 Å². The molecule has 0 aromatic rings. The number of nitrogens with two attached hydrogens (primary N) is 1. The second kappa shape index (κ2) is 4.02. The summed E-state index contributed by atoms with van der Waals surface area (Å²) in [6.07, 6.45) is 7.41. The predicted molar refractivity (Wildman–Crippen MR) is 62.7 cm³/mol. The van der Waals surface area contributed by atoms with E-state index in [4.69, 9.17) is 5.73 Å². The molecule has 16 heavy (non-hydrogen) atoms. The summed E-state index contributed by atoms with van der Waals surface area (Å²) in [6, 6.07) is 0.521. The first-order valence-corrected chi connectivity index (χ1v) is 6.80. The van der Waals surface area contributed by atoms with Gasteiger partial charge in [-0.05, 0) is 50.4 Å². The Hall–Kier alpha value is -0.570. The van der Waals surface area contributed by atoms with Crippen LogP contribution in [0.1, 0.15) is 38.5 Å². The minimum absolute atomic E-state index is 0.343. The van der Waals surface area contributed by atoms with E-state index in [0.717, 1.165) is 31.2 Å². The van der Waals surface area contributed by atoms with Crippen LogP contribution in [0.3, 0.4) is 0 Å². The normalized spacial score (nSPS) is 36.7. The van der Waals surface area contributed by atoms with Gasteiger partial charge in [0.15, 0.2) is 0 Å². The molecule has 90 valence electrons. The molecule has 2 N–H and O–H groups in total. The molecular weight excluding hydrogens is 200 g/mol. The fraction of sp³-hybridized carbons (Fsp3) is 0.923. The van der Waals surface area contributed by atoms with Crippen LogP contribution in [-0.2, 0) is 4.79 Å². The Labute approximate surface area is 97.4 Å². The maximum Gasteiger partial charge on any atom is 0.225 e. The van der Waals surface area contributed by atoms with Crippen molar-refractivity contribution in [3.8, 4) is 0 Å². The van der Waals surface area contributed by atoms with Gasteiger partial charge in [-0.1, -0.05) is 0 Å². The fourth-order valence-electron chi connectivity index (χ4n) is 3.46. The van der Waals surface area contributed by atoms with E-state index in [1.54, 1.807) is 0 Å². The van der Waals surface area contributed by atoms with Gasteiger partial charge in [0.05, 0.1) is 0 Å². The number of hydrogen-bond donors (Lipinski definition) is 1. The van der Waals surface area contributed by atoms with E-state index in [1.807, 2.05) is 0 Å². The minimum atomic E-state index is 0.343. The van der Waals surface area contributed by atoms with Crippen molar-refractivity contribution in [1.82, 2.24) is 4.90 Å². The van der Waals surface area contributed by atoms with Crippen LogP contribution < -0.4 is 5.73 Å². The molecule has 1 amide bonds. The molecule has 0 bridgehead atoms. The molecule has 0 radical (unpaired) electrons. The van der Waals surface area contributed by atoms with E-state index in [2.05, 4.69) is 4.90 Å². The first kappa shape index (κ1) is 10.6. The van der Waals surface area contributed by atoms with Gasteiger partial charge in [0, 0.05) is 25.0 Å². The second-order valence-corrected chi connectivity index (χ2v) is 5.83. The van der Waals surface area contributed by atoms with Crippen LogP contribution in [0.15, 0.2) is 0 Å². The summed E-state index contributed by atoms with van der Waals surface area (Å²) in [6.45, 7) is 1.39. The van der Waals surface area contributed by atoms with Crippen molar-refractivity contribution in [2.45, 2.75) is 44.6 Å². The Bertz CT molecular complexity index is 278. The third-order valence-corrected chi connectivity index (χ3v) is 4.76. The van der Waals surface area contributed by atoms with Gasteiger partial charge in [-0.15, -0.1) is 0 Å². The summed E-state index contributed by atoms with van der Waals surface area (Å²) in [5.41, 5.74) is 5.62. The highest BCUT2D eigenvalue weighted by atomic mass is 16.2. The Morgan fingerprint density at radius 3 is 2.38 bits per heavy atom. The smallest absolute Gasteiger partial charge is 0.225 e. The second-order valence-electron chi connectivity index (χ2n) is 5.83. The van der Waals surface area contributed by atoms with E-state index in [0.29, 0.717) is 24.4 Å². The molecule has 0 saturated heterocycles. The van der Waals surface area contributed by atoms with Gasteiger partial charge in [0.2, 0.25) is 5.91 Å². The SMILES string of the molecule is NCCN(C(=O)C1CC2CC2C1)C1CCC1. The highest BCUT2D eigenvalue weighted by molar-refractivity contribution is 5.80. The first-order chi connectivity index (χ1) is 7.79. The zero-order valence-electron chi connectivity index (χ0n) is 9.90. The van der Waals surface area contributed by atoms with Crippen molar-refractivity contribution in [3.63, 3.8) is 0 Å². The number of nitrogens with zero attached hydrogens (tertiary/aromatic N) is 1. The molecule has 3 aliphatic rings. The average Bonchev–Trinajstić information content (AvgIpc) is 2.82. The summed E-state index contributed by atoms with van der Waals surface area (Å²) >= 11 is 0. The zero-order valence-corrected chi connectivity index (χ0v) is 9.90. The van der Waals surface area contributed by atoms with E-state index in [9.17, 15) is 4.79 Å². The lowest BCUT2D eigenvalue weighted by Crippen LogP contribution is -2.48. The van der Waals surface area contributed by atoms with Crippen LogP contribution in [0.2, 0.25) is 0 Å². The summed E-state index contributed by atoms with van der Waals surface area (Å²) in [7, 11) is 0. The van der Waals surface area contributed by atoms with Crippen LogP contribution in [0, 0.1) is 17.8 Å². The molecule has 0 heterocycles. The number of fused-ring (bicyclic) bond motifs is 1. The molecular formula is C13H22N2O. The lowest BCUT2D eigenvalue weighted by molar-refractivity contribution is -0.139. The Morgan fingerprint density at radius 2 is 1.88 bits per heavy atom. The Balaban J connectivity index is 1.61. The molecule has 2 unspecified atom stereocenters. The van der Waals surface area contributed by atoms with E-state index < -0.39 is 0 Å². The van der Waals surface area contributed by atoms with Crippen molar-refractivity contribution in [3.05, 3.63) is 0 Å². The molecule has 3 saturated carbocycles. The van der Waals surface area contributed by atoms with E-state index in [-0.39, 0.29) is 0 Å². The van der Waals surface area contributed by atoms with Crippen molar-refractivity contribution < 1.29 is 4.79 Å². The number of amides is 1. The van der Waals surface area contributed by atoms with Gasteiger partial charge < -0.3 is 10.6 Å². The summed E-state index contributed by atoms with van der Waals surface area (Å²) in [5, 5.41) is 0. The molecule has 2 atom stereocenters. The van der Waals surface area contributed by atoms with E-state index >= 15 is 0 Å². The number of rotatable bonds is 4. The fourth-order valence-corrected chi connectivity index (χ4v) is 3.46. The lowest BCUT2D eigenvalue weighted by Gasteiger charge is -2.39. The molecule has 3 rings (SSSR count). The summed E-state index contributed by atoms with van der Waals surface area (Å²) in [4.78, 5) is 14.5. The number of carbonyl (C=O) groups excluding carboxylic acids is 1. The number of carbonyl (C=O) groups is 1. The van der Waals surface area contributed by atoms with Crippen LogP contribution in [0.5, 0.6) is 0 Å². The van der Waals surface area contributed by atoms with Gasteiger partial charge in [-0.25, -0.2) is 0 Å². The summed E-state index contributed by atoms with van der Waals surface area (Å²) in [5.74, 6) is 2.56. The maximum atomic E-state index is 12.4. The lowest BCUT2D eigenvalue weighted by atomic mass is 9.89. The molecule has 0 aromatic heterocycles. The third-order valence-electron chi connectivity index (χ3n) is 4.76. The Kier molecular flexibility index (Phi) is 2.66. The van der Waals surface area contributed by atoms with Crippen LogP contribution >= 0.6 is 0 Å². The van der Waals surface area contributed by atoms with Crippen LogP contribution in [0.4, 0.5) is 0 Å². The van der Waals surface area contributed by atoms with Crippen molar-refractivity contribution in [1.29, 1.82) is 0 Å². The maximum absolute atomic E-state index is 12.4. The molecule has 3 aliphatic carbocycles. The Morgan fingerprint density at radius 1 is 1.19 bits per heavy atom. The van der Waals surface area contributed by atoms with Crippen LogP contribution in [0.25, 0.3) is 0 Å². The average molecular weight is 222 g/mol. The molecule has 3 heteroatoms. The largest absolute Gasteiger partial charge is 0.338 e. The monoisotopic (exact) mass is 222 g/mol. The molecule has 3 nitrogen and oxygen atoms in total. The van der Waals surface area contributed by atoms with Gasteiger partial charge in [-0.3, -0.25) is 4.79 Å². The van der Waals surface area contributed by atoms with Gasteiger partial charge in [0.1, 0.15) is 0 Å². The van der Waals surface area contributed by atoms with Crippen molar-refractivity contribution in [2.75, 3.05) is 13.1 Å². The van der Waals surface area contributed by atoms with Crippen molar-refractivity contribution >= 4 is 5.91 Å². The molecule has 0 spiro atoms. The highest BCUT2D eigenvalue weighted by Crippen LogP contribution is 2.54. The van der Waals surface area contributed by atoms with Gasteiger partial charge in [-0.2, -0.15) is 0 Å².